The summed E-state index contributed by atoms with van der Waals surface area (Å²) < 4.78 is 0. The quantitative estimate of drug-likeness (QED) is 0.783. The summed E-state index contributed by atoms with van der Waals surface area (Å²) in [7, 11) is 0. The van der Waals surface area contributed by atoms with E-state index in [1.807, 2.05) is 4.90 Å². The number of nitrogens with one attached hydrogen (secondary N) is 1. The molecule has 0 radical (unpaired) electrons. The zero-order valence-electron chi connectivity index (χ0n) is 13.2. The lowest BCUT2D eigenvalue weighted by atomic mass is 9.90. The molecule has 3 nitrogen and oxygen atoms in total. The monoisotopic (exact) mass is 288 g/mol. The van der Waals surface area contributed by atoms with Gasteiger partial charge >= 0.3 is 0 Å². The molecule has 1 N–H and O–H groups in total. The fourth-order valence-corrected chi connectivity index (χ4v) is 2.94. The second-order valence-electron chi connectivity index (χ2n) is 6.04. The van der Waals surface area contributed by atoms with Gasteiger partial charge in [-0.2, -0.15) is 0 Å². The Morgan fingerprint density at radius 2 is 1.95 bits per heavy atom. The van der Waals surface area contributed by atoms with E-state index in [-0.39, 0.29) is 5.91 Å². The average Bonchev–Trinajstić information content (AvgIpc) is 2.53. The fourth-order valence-electron chi connectivity index (χ4n) is 2.94. The minimum atomic E-state index is 0.268. The van der Waals surface area contributed by atoms with Crippen molar-refractivity contribution in [2.75, 3.05) is 26.2 Å². The molecule has 1 saturated heterocycles. The molecular weight excluding hydrogens is 260 g/mol. The molecule has 2 rings (SSSR count). The maximum atomic E-state index is 12.1. The number of piperidine rings is 1. The van der Waals surface area contributed by atoms with Gasteiger partial charge in [0.15, 0.2) is 0 Å². The average molecular weight is 288 g/mol. The van der Waals surface area contributed by atoms with E-state index in [1.165, 1.54) is 12.0 Å². The van der Waals surface area contributed by atoms with E-state index in [4.69, 9.17) is 0 Å². The summed E-state index contributed by atoms with van der Waals surface area (Å²) in [6.45, 7) is 5.47. The van der Waals surface area contributed by atoms with Crippen LogP contribution in [0.25, 0.3) is 0 Å². The van der Waals surface area contributed by atoms with Gasteiger partial charge in [-0.05, 0) is 43.7 Å². The minimum absolute atomic E-state index is 0.268. The van der Waals surface area contributed by atoms with Gasteiger partial charge in [-0.15, -0.1) is 0 Å². The number of carbonyl (C=O) groups is 1. The highest BCUT2D eigenvalue weighted by Gasteiger charge is 2.22. The van der Waals surface area contributed by atoms with Crippen molar-refractivity contribution < 1.29 is 4.79 Å². The Kier molecular flexibility index (Phi) is 6.74. The van der Waals surface area contributed by atoms with Gasteiger partial charge in [-0.25, -0.2) is 0 Å². The maximum absolute atomic E-state index is 12.1. The Balaban J connectivity index is 1.67. The zero-order valence-corrected chi connectivity index (χ0v) is 13.2. The molecule has 0 atom stereocenters. The molecule has 1 amide bonds. The van der Waals surface area contributed by atoms with E-state index in [9.17, 15) is 4.79 Å². The lowest BCUT2D eigenvalue weighted by molar-refractivity contribution is -0.131. The van der Waals surface area contributed by atoms with Crippen molar-refractivity contribution >= 4 is 5.91 Å². The Bertz CT molecular complexity index is 410. The van der Waals surface area contributed by atoms with Crippen molar-refractivity contribution in [3.05, 3.63) is 35.9 Å². The van der Waals surface area contributed by atoms with Crippen LogP contribution in [-0.4, -0.2) is 37.0 Å². The molecule has 116 valence electrons. The number of unbranched alkanes of at least 4 members (excludes halogenated alkanes) is 1. The van der Waals surface area contributed by atoms with Crippen molar-refractivity contribution in [1.29, 1.82) is 0 Å². The molecule has 1 aliphatic rings. The highest BCUT2D eigenvalue weighted by Crippen LogP contribution is 2.21. The molecule has 1 aromatic carbocycles. The van der Waals surface area contributed by atoms with Gasteiger partial charge < -0.3 is 10.2 Å². The second-order valence-corrected chi connectivity index (χ2v) is 6.04. The Labute approximate surface area is 128 Å². The number of rotatable bonds is 7. The standard InChI is InChI=1S/C18H28N2O/c1-2-3-11-19-15-18(21)20-12-9-17(10-13-20)14-16-7-5-4-6-8-16/h4-8,17,19H,2-3,9-15H2,1H3. The normalized spacial score (nSPS) is 16.1. The third-order valence-electron chi connectivity index (χ3n) is 4.32. The molecule has 0 saturated carbocycles. The first-order valence-electron chi connectivity index (χ1n) is 8.32. The number of carbonyl (C=O) groups excluding carboxylic acids is 1. The smallest absolute Gasteiger partial charge is 0.236 e. The van der Waals surface area contributed by atoms with E-state index in [2.05, 4.69) is 42.6 Å². The van der Waals surface area contributed by atoms with Crippen LogP contribution in [0.1, 0.15) is 38.2 Å². The van der Waals surface area contributed by atoms with E-state index in [0.29, 0.717) is 6.54 Å². The van der Waals surface area contributed by atoms with Gasteiger partial charge in [-0.3, -0.25) is 4.79 Å². The highest BCUT2D eigenvalue weighted by molar-refractivity contribution is 5.78. The number of amides is 1. The molecule has 1 fully saturated rings. The number of hydrogen-bond acceptors (Lipinski definition) is 2. The van der Waals surface area contributed by atoms with Gasteiger partial charge in [0.25, 0.3) is 0 Å². The summed E-state index contributed by atoms with van der Waals surface area (Å²) in [5.41, 5.74) is 1.42. The van der Waals surface area contributed by atoms with Gasteiger partial charge in [0.1, 0.15) is 0 Å². The molecule has 21 heavy (non-hydrogen) atoms. The van der Waals surface area contributed by atoms with Crippen molar-refractivity contribution in [2.45, 2.75) is 39.0 Å². The lowest BCUT2D eigenvalue weighted by Gasteiger charge is -2.32. The summed E-state index contributed by atoms with van der Waals surface area (Å²) >= 11 is 0. The molecule has 1 aromatic rings. The molecule has 0 bridgehead atoms. The summed E-state index contributed by atoms with van der Waals surface area (Å²) in [4.78, 5) is 14.1. The van der Waals surface area contributed by atoms with Crippen LogP contribution >= 0.6 is 0 Å². The van der Waals surface area contributed by atoms with Crippen LogP contribution in [0.4, 0.5) is 0 Å². The molecule has 0 spiro atoms. The first-order chi connectivity index (χ1) is 10.3. The van der Waals surface area contributed by atoms with Gasteiger partial charge in [0.2, 0.25) is 5.91 Å². The van der Waals surface area contributed by atoms with Gasteiger partial charge in [-0.1, -0.05) is 43.7 Å². The molecule has 1 heterocycles. The van der Waals surface area contributed by atoms with Crippen LogP contribution in [-0.2, 0) is 11.2 Å². The number of likely N-dealkylation sites (tertiary alicyclic amines) is 1. The van der Waals surface area contributed by atoms with Crippen molar-refractivity contribution in [3.63, 3.8) is 0 Å². The summed E-state index contributed by atoms with van der Waals surface area (Å²) in [5.74, 6) is 0.994. The summed E-state index contributed by atoms with van der Waals surface area (Å²) in [5, 5.41) is 3.24. The lowest BCUT2D eigenvalue weighted by Crippen LogP contribution is -2.43. The fraction of sp³-hybridized carbons (Fsp3) is 0.611. The van der Waals surface area contributed by atoms with Crippen LogP contribution in [0, 0.1) is 5.92 Å². The van der Waals surface area contributed by atoms with E-state index >= 15 is 0 Å². The van der Waals surface area contributed by atoms with Crippen LogP contribution in [0.2, 0.25) is 0 Å². The maximum Gasteiger partial charge on any atom is 0.236 e. The number of hydrogen-bond donors (Lipinski definition) is 1. The number of nitrogens with zero attached hydrogens (tertiary/aromatic N) is 1. The first-order valence-corrected chi connectivity index (χ1v) is 8.32. The Morgan fingerprint density at radius 3 is 2.62 bits per heavy atom. The van der Waals surface area contributed by atoms with E-state index in [1.54, 1.807) is 0 Å². The van der Waals surface area contributed by atoms with Crippen LogP contribution in [0.5, 0.6) is 0 Å². The van der Waals surface area contributed by atoms with Crippen LogP contribution in [0.15, 0.2) is 30.3 Å². The van der Waals surface area contributed by atoms with E-state index in [0.717, 1.165) is 51.2 Å². The van der Waals surface area contributed by atoms with E-state index < -0.39 is 0 Å². The second kappa shape index (κ2) is 8.83. The van der Waals surface area contributed by atoms with Crippen LogP contribution < -0.4 is 5.32 Å². The summed E-state index contributed by atoms with van der Waals surface area (Å²) in [6.07, 6.45) is 5.74. The molecule has 0 aliphatic carbocycles. The van der Waals surface area contributed by atoms with Gasteiger partial charge in [0, 0.05) is 13.1 Å². The van der Waals surface area contributed by atoms with Crippen LogP contribution in [0.3, 0.4) is 0 Å². The largest absolute Gasteiger partial charge is 0.342 e. The van der Waals surface area contributed by atoms with Gasteiger partial charge in [0.05, 0.1) is 6.54 Å². The molecule has 3 heteroatoms. The SMILES string of the molecule is CCCCNCC(=O)N1CCC(Cc2ccccc2)CC1. The molecule has 0 aromatic heterocycles. The first kappa shape index (κ1) is 16.0. The minimum Gasteiger partial charge on any atom is -0.342 e. The Hall–Kier alpha value is -1.35. The third-order valence-corrected chi connectivity index (χ3v) is 4.32. The van der Waals surface area contributed by atoms with Crippen molar-refractivity contribution in [1.82, 2.24) is 10.2 Å². The third kappa shape index (κ3) is 5.50. The highest BCUT2D eigenvalue weighted by atomic mass is 16.2. The predicted octanol–water partition coefficient (Wildman–Crippen LogP) is 2.86. The molecule has 1 aliphatic heterocycles. The molecule has 0 unspecified atom stereocenters. The van der Waals surface area contributed by atoms with Crippen molar-refractivity contribution in [2.24, 2.45) is 5.92 Å². The van der Waals surface area contributed by atoms with Crippen molar-refractivity contribution in [3.8, 4) is 0 Å². The predicted molar refractivity (Wildman–Crippen MR) is 87.2 cm³/mol. The number of benzene rings is 1. The zero-order chi connectivity index (χ0) is 14.9. The summed E-state index contributed by atoms with van der Waals surface area (Å²) in [6, 6.07) is 10.7. The Morgan fingerprint density at radius 1 is 1.24 bits per heavy atom. The topological polar surface area (TPSA) is 32.3 Å². The molecular formula is C18H28N2O.